The molecule has 0 aromatic heterocycles. The highest BCUT2D eigenvalue weighted by atomic mass is 16.6. The zero-order valence-electron chi connectivity index (χ0n) is 17.0. The Labute approximate surface area is 177 Å². The number of hydrogen-bond donors (Lipinski definition) is 0. The molecule has 1 aliphatic rings. The zero-order valence-corrected chi connectivity index (χ0v) is 17.0. The number of cyclic esters (lactones) is 1. The molecule has 4 rings (SSSR count). The molecule has 2 unspecified atom stereocenters. The van der Waals surface area contributed by atoms with E-state index in [0.717, 1.165) is 17.5 Å². The van der Waals surface area contributed by atoms with Gasteiger partial charge in [-0.1, -0.05) is 91.0 Å². The van der Waals surface area contributed by atoms with Crippen LogP contribution in [0.1, 0.15) is 36.0 Å². The summed E-state index contributed by atoms with van der Waals surface area (Å²) < 4.78 is 6.09. The second kappa shape index (κ2) is 9.08. The van der Waals surface area contributed by atoms with Crippen LogP contribution in [0.15, 0.2) is 91.0 Å². The number of hydrogen-bond acceptors (Lipinski definition) is 3. The SMILES string of the molecule is O=C1CC(CCc2ccccc2)(c2ccccc2)OC(=O)C1CCc1ccccc1. The molecule has 3 nitrogen and oxygen atoms in total. The normalized spacial score (nSPS) is 21.3. The highest BCUT2D eigenvalue weighted by Crippen LogP contribution is 2.40. The molecule has 2 atom stereocenters. The van der Waals surface area contributed by atoms with E-state index in [2.05, 4.69) is 12.1 Å². The third kappa shape index (κ3) is 4.51. The van der Waals surface area contributed by atoms with Gasteiger partial charge in [0.2, 0.25) is 0 Å². The van der Waals surface area contributed by atoms with Crippen LogP contribution in [0.4, 0.5) is 0 Å². The predicted octanol–water partition coefficient (Wildman–Crippen LogP) is 5.28. The van der Waals surface area contributed by atoms with Gasteiger partial charge in [-0.3, -0.25) is 9.59 Å². The summed E-state index contributed by atoms with van der Waals surface area (Å²) in [5.41, 5.74) is 2.29. The van der Waals surface area contributed by atoms with Crippen molar-refractivity contribution in [1.82, 2.24) is 0 Å². The summed E-state index contributed by atoms with van der Waals surface area (Å²) in [6.07, 6.45) is 2.74. The van der Waals surface area contributed by atoms with E-state index in [1.165, 1.54) is 5.56 Å². The van der Waals surface area contributed by atoms with Crippen LogP contribution in [0.5, 0.6) is 0 Å². The van der Waals surface area contributed by atoms with Crippen molar-refractivity contribution in [2.75, 3.05) is 0 Å². The summed E-state index contributed by atoms with van der Waals surface area (Å²) in [5, 5.41) is 0. The molecule has 1 heterocycles. The highest BCUT2D eigenvalue weighted by Gasteiger charge is 2.47. The maximum absolute atomic E-state index is 13.1. The van der Waals surface area contributed by atoms with Gasteiger partial charge >= 0.3 is 5.97 Å². The lowest BCUT2D eigenvalue weighted by Gasteiger charge is -2.39. The average Bonchev–Trinajstić information content (AvgIpc) is 2.79. The summed E-state index contributed by atoms with van der Waals surface area (Å²) >= 11 is 0. The van der Waals surface area contributed by atoms with Crippen LogP contribution in [0.2, 0.25) is 0 Å². The van der Waals surface area contributed by atoms with Gasteiger partial charge in [0.15, 0.2) is 5.78 Å². The monoisotopic (exact) mass is 398 g/mol. The van der Waals surface area contributed by atoms with Crippen molar-refractivity contribution >= 4 is 11.8 Å². The summed E-state index contributed by atoms with van der Waals surface area (Å²) in [6.45, 7) is 0. The van der Waals surface area contributed by atoms with Gasteiger partial charge in [0.1, 0.15) is 11.5 Å². The molecule has 1 saturated heterocycles. The topological polar surface area (TPSA) is 43.4 Å². The van der Waals surface area contributed by atoms with Crippen molar-refractivity contribution in [3.8, 4) is 0 Å². The first-order valence-corrected chi connectivity index (χ1v) is 10.6. The van der Waals surface area contributed by atoms with E-state index >= 15 is 0 Å². The van der Waals surface area contributed by atoms with Crippen molar-refractivity contribution in [1.29, 1.82) is 0 Å². The first-order chi connectivity index (χ1) is 14.7. The van der Waals surface area contributed by atoms with Crippen LogP contribution >= 0.6 is 0 Å². The van der Waals surface area contributed by atoms with Crippen LogP contribution in [0, 0.1) is 5.92 Å². The van der Waals surface area contributed by atoms with E-state index in [4.69, 9.17) is 4.74 Å². The fourth-order valence-electron chi connectivity index (χ4n) is 4.25. The number of Topliss-reactive ketones (excluding diaryl/α,β-unsaturated/α-hetero) is 1. The number of esters is 1. The van der Waals surface area contributed by atoms with Crippen molar-refractivity contribution in [2.24, 2.45) is 5.92 Å². The Morgan fingerprint density at radius 1 is 0.733 bits per heavy atom. The molecule has 0 bridgehead atoms. The first kappa shape index (κ1) is 20.1. The number of aryl methyl sites for hydroxylation is 2. The van der Waals surface area contributed by atoms with Crippen LogP contribution in [-0.4, -0.2) is 11.8 Å². The van der Waals surface area contributed by atoms with Crippen LogP contribution in [0.3, 0.4) is 0 Å². The molecule has 0 spiro atoms. The molecule has 0 N–H and O–H groups in total. The number of carbonyl (C=O) groups excluding carboxylic acids is 2. The first-order valence-electron chi connectivity index (χ1n) is 10.6. The standard InChI is InChI=1S/C27H26O3/c28-25-20-27(23-14-8-3-9-15-23,19-18-22-12-6-2-7-13-22)30-26(29)24(25)17-16-21-10-4-1-5-11-21/h1-15,24H,16-20H2. The average molecular weight is 399 g/mol. The summed E-state index contributed by atoms with van der Waals surface area (Å²) in [7, 11) is 0. The fraction of sp³-hybridized carbons (Fsp3) is 0.259. The maximum atomic E-state index is 13.1. The van der Waals surface area contributed by atoms with Crippen molar-refractivity contribution in [2.45, 2.75) is 37.7 Å². The van der Waals surface area contributed by atoms with Crippen LogP contribution < -0.4 is 0 Å². The van der Waals surface area contributed by atoms with E-state index in [0.29, 0.717) is 19.3 Å². The largest absolute Gasteiger partial charge is 0.453 e. The Hall–Kier alpha value is -3.20. The van der Waals surface area contributed by atoms with Crippen LogP contribution in [0.25, 0.3) is 0 Å². The number of ether oxygens (including phenoxy) is 1. The number of benzene rings is 3. The lowest BCUT2D eigenvalue weighted by atomic mass is 9.77. The molecular weight excluding hydrogens is 372 g/mol. The Balaban J connectivity index is 1.53. The van der Waals surface area contributed by atoms with Gasteiger partial charge in [-0.25, -0.2) is 0 Å². The number of carbonyl (C=O) groups is 2. The van der Waals surface area contributed by atoms with Gasteiger partial charge in [0, 0.05) is 0 Å². The smallest absolute Gasteiger partial charge is 0.317 e. The van der Waals surface area contributed by atoms with Gasteiger partial charge in [-0.15, -0.1) is 0 Å². The van der Waals surface area contributed by atoms with Crippen LogP contribution in [-0.2, 0) is 32.8 Å². The molecule has 0 saturated carbocycles. The molecule has 1 fully saturated rings. The lowest BCUT2D eigenvalue weighted by molar-refractivity contribution is -0.180. The molecule has 30 heavy (non-hydrogen) atoms. The van der Waals surface area contributed by atoms with E-state index in [1.807, 2.05) is 78.9 Å². The molecule has 3 aromatic carbocycles. The Kier molecular flexibility index (Phi) is 6.08. The van der Waals surface area contributed by atoms with Gasteiger partial charge in [0.25, 0.3) is 0 Å². The molecule has 3 aromatic rings. The van der Waals surface area contributed by atoms with Gasteiger partial charge in [-0.2, -0.15) is 0 Å². The van der Waals surface area contributed by atoms with Gasteiger partial charge in [0.05, 0.1) is 6.42 Å². The quantitative estimate of drug-likeness (QED) is 0.402. The Bertz CT molecular complexity index is 962. The molecular formula is C27H26O3. The molecule has 0 radical (unpaired) electrons. The summed E-state index contributed by atoms with van der Waals surface area (Å²) in [4.78, 5) is 26.1. The molecule has 0 amide bonds. The van der Waals surface area contributed by atoms with E-state index in [1.54, 1.807) is 0 Å². The van der Waals surface area contributed by atoms with Crippen molar-refractivity contribution in [3.63, 3.8) is 0 Å². The van der Waals surface area contributed by atoms with Gasteiger partial charge < -0.3 is 4.74 Å². The third-order valence-electron chi connectivity index (χ3n) is 5.95. The zero-order chi connectivity index (χ0) is 20.8. The Morgan fingerprint density at radius 3 is 1.83 bits per heavy atom. The fourth-order valence-corrected chi connectivity index (χ4v) is 4.25. The maximum Gasteiger partial charge on any atom is 0.317 e. The number of rotatable bonds is 7. The van der Waals surface area contributed by atoms with Crippen molar-refractivity contribution < 1.29 is 14.3 Å². The van der Waals surface area contributed by atoms with E-state index in [9.17, 15) is 9.59 Å². The molecule has 152 valence electrons. The highest BCUT2D eigenvalue weighted by molar-refractivity contribution is 6.01. The summed E-state index contributed by atoms with van der Waals surface area (Å²) in [6, 6.07) is 29.8. The minimum atomic E-state index is -0.894. The molecule has 1 aliphatic heterocycles. The second-order valence-electron chi connectivity index (χ2n) is 7.99. The summed E-state index contributed by atoms with van der Waals surface area (Å²) in [5.74, 6) is -1.09. The Morgan fingerprint density at radius 2 is 1.27 bits per heavy atom. The van der Waals surface area contributed by atoms with Gasteiger partial charge in [-0.05, 0) is 42.4 Å². The second-order valence-corrected chi connectivity index (χ2v) is 7.99. The third-order valence-corrected chi connectivity index (χ3v) is 5.95. The van der Waals surface area contributed by atoms with E-state index in [-0.39, 0.29) is 18.2 Å². The number of ketones is 1. The molecule has 3 heteroatoms. The predicted molar refractivity (Wildman–Crippen MR) is 117 cm³/mol. The van der Waals surface area contributed by atoms with Crippen molar-refractivity contribution in [3.05, 3.63) is 108 Å². The lowest BCUT2D eigenvalue weighted by Crippen LogP contribution is -2.46. The molecule has 0 aliphatic carbocycles. The minimum Gasteiger partial charge on any atom is -0.453 e. The van der Waals surface area contributed by atoms with E-state index < -0.39 is 11.5 Å². The minimum absolute atomic E-state index is 0.0147.